The van der Waals surface area contributed by atoms with E-state index in [1.807, 2.05) is 25.2 Å². The molecular weight excluding hydrogens is 212 g/mol. The van der Waals surface area contributed by atoms with Crippen LogP contribution in [0, 0.1) is 0 Å². The smallest absolute Gasteiger partial charge is 0.131 e. The highest BCUT2D eigenvalue weighted by atomic mass is 16.5. The second-order valence-corrected chi connectivity index (χ2v) is 3.99. The van der Waals surface area contributed by atoms with Crippen LogP contribution in [-0.2, 0) is 11.3 Å². The van der Waals surface area contributed by atoms with Crippen molar-refractivity contribution in [1.82, 2.24) is 4.98 Å². The molecule has 17 heavy (non-hydrogen) atoms. The third-order valence-electron chi connectivity index (χ3n) is 2.65. The molecule has 0 amide bonds. The Kier molecular flexibility index (Phi) is 3.94. The maximum atomic E-state index is 5.58. The Morgan fingerprint density at radius 2 is 2.12 bits per heavy atom. The van der Waals surface area contributed by atoms with E-state index in [4.69, 9.17) is 4.74 Å². The standard InChI is InChI=1S/C14H18N2O/c1-3-8-17-10-12-9-11-6-4-5-7-13(11)16-14(12)15-2/h4-7,9H,3,8,10H2,1-2H3,(H,15,16). The van der Waals surface area contributed by atoms with Crippen LogP contribution in [0.25, 0.3) is 10.9 Å². The highest BCUT2D eigenvalue weighted by Gasteiger charge is 2.05. The van der Waals surface area contributed by atoms with E-state index < -0.39 is 0 Å². The lowest BCUT2D eigenvalue weighted by molar-refractivity contribution is 0.122. The molecule has 0 spiro atoms. The summed E-state index contributed by atoms with van der Waals surface area (Å²) in [6.45, 7) is 3.51. The Hall–Kier alpha value is -1.61. The molecule has 0 aliphatic rings. The minimum atomic E-state index is 0.613. The van der Waals surface area contributed by atoms with Gasteiger partial charge in [-0.05, 0) is 18.6 Å². The zero-order valence-electron chi connectivity index (χ0n) is 10.4. The molecular formula is C14H18N2O. The topological polar surface area (TPSA) is 34.1 Å². The van der Waals surface area contributed by atoms with Crippen LogP contribution in [0.5, 0.6) is 0 Å². The Morgan fingerprint density at radius 1 is 1.29 bits per heavy atom. The van der Waals surface area contributed by atoms with Gasteiger partial charge in [-0.2, -0.15) is 0 Å². The molecule has 2 aromatic rings. The average Bonchev–Trinajstić information content (AvgIpc) is 2.38. The fourth-order valence-electron chi connectivity index (χ4n) is 1.81. The SMILES string of the molecule is CCCOCc1cc2ccccc2nc1NC. The predicted molar refractivity (Wildman–Crippen MR) is 71.2 cm³/mol. The highest BCUT2D eigenvalue weighted by molar-refractivity contribution is 5.81. The quantitative estimate of drug-likeness (QED) is 0.801. The van der Waals surface area contributed by atoms with Gasteiger partial charge in [-0.3, -0.25) is 0 Å². The number of para-hydroxylation sites is 1. The number of benzene rings is 1. The number of pyridine rings is 1. The number of nitrogens with one attached hydrogen (secondary N) is 1. The first kappa shape index (κ1) is 11.9. The number of ether oxygens (including phenoxy) is 1. The van der Waals surface area contributed by atoms with Gasteiger partial charge in [-0.25, -0.2) is 4.98 Å². The number of hydrogen-bond donors (Lipinski definition) is 1. The van der Waals surface area contributed by atoms with Gasteiger partial charge in [0.1, 0.15) is 5.82 Å². The first-order valence-corrected chi connectivity index (χ1v) is 5.99. The van der Waals surface area contributed by atoms with E-state index in [9.17, 15) is 0 Å². The summed E-state index contributed by atoms with van der Waals surface area (Å²) in [5.74, 6) is 0.903. The van der Waals surface area contributed by atoms with E-state index >= 15 is 0 Å². The summed E-state index contributed by atoms with van der Waals surface area (Å²) < 4.78 is 5.58. The second-order valence-electron chi connectivity index (χ2n) is 3.99. The fourth-order valence-corrected chi connectivity index (χ4v) is 1.81. The molecule has 0 radical (unpaired) electrons. The van der Waals surface area contributed by atoms with Crippen molar-refractivity contribution in [1.29, 1.82) is 0 Å². The van der Waals surface area contributed by atoms with Crippen LogP contribution in [-0.4, -0.2) is 18.6 Å². The van der Waals surface area contributed by atoms with Crippen molar-refractivity contribution in [3.63, 3.8) is 0 Å². The van der Waals surface area contributed by atoms with Crippen LogP contribution >= 0.6 is 0 Å². The lowest BCUT2D eigenvalue weighted by atomic mass is 10.1. The number of nitrogens with zero attached hydrogens (tertiary/aromatic N) is 1. The Balaban J connectivity index is 2.32. The van der Waals surface area contributed by atoms with Gasteiger partial charge >= 0.3 is 0 Å². The fraction of sp³-hybridized carbons (Fsp3) is 0.357. The van der Waals surface area contributed by atoms with Crippen molar-refractivity contribution in [2.75, 3.05) is 19.0 Å². The molecule has 3 nitrogen and oxygen atoms in total. The maximum Gasteiger partial charge on any atom is 0.131 e. The number of rotatable bonds is 5. The molecule has 2 rings (SSSR count). The van der Waals surface area contributed by atoms with Crippen LogP contribution in [0.15, 0.2) is 30.3 Å². The van der Waals surface area contributed by atoms with E-state index in [1.165, 1.54) is 0 Å². The van der Waals surface area contributed by atoms with Crippen LogP contribution in [0.2, 0.25) is 0 Å². The summed E-state index contributed by atoms with van der Waals surface area (Å²) >= 11 is 0. The van der Waals surface area contributed by atoms with Gasteiger partial charge < -0.3 is 10.1 Å². The molecule has 0 saturated heterocycles. The van der Waals surface area contributed by atoms with Gasteiger partial charge in [-0.1, -0.05) is 25.1 Å². The van der Waals surface area contributed by atoms with Gasteiger partial charge in [0.2, 0.25) is 0 Å². The molecule has 1 N–H and O–H groups in total. The van der Waals surface area contributed by atoms with Crippen molar-refractivity contribution in [3.8, 4) is 0 Å². The Morgan fingerprint density at radius 3 is 2.88 bits per heavy atom. The molecule has 0 saturated carbocycles. The van der Waals surface area contributed by atoms with Crippen LogP contribution in [0.1, 0.15) is 18.9 Å². The molecule has 0 aliphatic carbocycles. The second kappa shape index (κ2) is 5.64. The number of aromatic nitrogens is 1. The average molecular weight is 230 g/mol. The predicted octanol–water partition coefficient (Wildman–Crippen LogP) is 3.20. The maximum absolute atomic E-state index is 5.58. The molecule has 0 atom stereocenters. The first-order chi connectivity index (χ1) is 8.35. The molecule has 1 heterocycles. The molecule has 90 valence electrons. The van der Waals surface area contributed by atoms with Crippen molar-refractivity contribution in [2.45, 2.75) is 20.0 Å². The van der Waals surface area contributed by atoms with E-state index in [2.05, 4.69) is 29.4 Å². The summed E-state index contributed by atoms with van der Waals surface area (Å²) in [6.07, 6.45) is 1.04. The lowest BCUT2D eigenvalue weighted by Gasteiger charge is -2.10. The Bertz CT molecular complexity index is 497. The van der Waals surface area contributed by atoms with Crippen molar-refractivity contribution >= 4 is 16.7 Å². The number of anilines is 1. The molecule has 3 heteroatoms. The van der Waals surface area contributed by atoms with Gasteiger partial charge in [0.15, 0.2) is 0 Å². The summed E-state index contributed by atoms with van der Waals surface area (Å²) in [5, 5.41) is 4.28. The number of hydrogen-bond acceptors (Lipinski definition) is 3. The van der Waals surface area contributed by atoms with Gasteiger partial charge in [0.25, 0.3) is 0 Å². The third kappa shape index (κ3) is 2.74. The summed E-state index contributed by atoms with van der Waals surface area (Å²) in [4.78, 5) is 4.58. The van der Waals surface area contributed by atoms with Crippen LogP contribution < -0.4 is 5.32 Å². The molecule has 0 unspecified atom stereocenters. The Labute approximate surface area is 102 Å². The van der Waals surface area contributed by atoms with Crippen molar-refractivity contribution < 1.29 is 4.74 Å². The van der Waals surface area contributed by atoms with Crippen molar-refractivity contribution in [2.24, 2.45) is 0 Å². The van der Waals surface area contributed by atoms with Crippen LogP contribution in [0.3, 0.4) is 0 Å². The summed E-state index contributed by atoms with van der Waals surface area (Å²) in [6, 6.07) is 10.3. The molecule has 0 fully saturated rings. The zero-order valence-corrected chi connectivity index (χ0v) is 10.4. The largest absolute Gasteiger partial charge is 0.377 e. The summed E-state index contributed by atoms with van der Waals surface area (Å²) in [7, 11) is 1.89. The zero-order chi connectivity index (χ0) is 12.1. The minimum Gasteiger partial charge on any atom is -0.377 e. The van der Waals surface area contributed by atoms with Crippen LogP contribution in [0.4, 0.5) is 5.82 Å². The molecule has 0 aliphatic heterocycles. The van der Waals surface area contributed by atoms with Gasteiger partial charge in [-0.15, -0.1) is 0 Å². The van der Waals surface area contributed by atoms with Gasteiger partial charge in [0, 0.05) is 24.6 Å². The first-order valence-electron chi connectivity index (χ1n) is 5.99. The molecule has 0 bridgehead atoms. The third-order valence-corrected chi connectivity index (χ3v) is 2.65. The molecule has 1 aromatic heterocycles. The number of fused-ring (bicyclic) bond motifs is 1. The molecule has 1 aromatic carbocycles. The minimum absolute atomic E-state index is 0.613. The summed E-state index contributed by atoms with van der Waals surface area (Å²) in [5.41, 5.74) is 2.12. The van der Waals surface area contributed by atoms with E-state index in [1.54, 1.807) is 0 Å². The van der Waals surface area contributed by atoms with Crippen molar-refractivity contribution in [3.05, 3.63) is 35.9 Å². The van der Waals surface area contributed by atoms with Gasteiger partial charge in [0.05, 0.1) is 12.1 Å². The van der Waals surface area contributed by atoms with E-state index in [0.717, 1.165) is 35.3 Å². The van der Waals surface area contributed by atoms with E-state index in [0.29, 0.717) is 6.61 Å². The monoisotopic (exact) mass is 230 g/mol. The highest BCUT2D eigenvalue weighted by Crippen LogP contribution is 2.20. The lowest BCUT2D eigenvalue weighted by Crippen LogP contribution is -2.02. The normalized spacial score (nSPS) is 10.7. The van der Waals surface area contributed by atoms with E-state index in [-0.39, 0.29) is 0 Å².